The van der Waals surface area contributed by atoms with Crippen LogP contribution in [0.15, 0.2) is 0 Å². The van der Waals surface area contributed by atoms with Crippen molar-refractivity contribution < 1.29 is 28.7 Å². The topological polar surface area (TPSA) is 86.7 Å². The Morgan fingerprint density at radius 3 is 1.46 bits per heavy atom. The van der Waals surface area contributed by atoms with Crippen molar-refractivity contribution >= 4 is 23.9 Å². The molecule has 0 aliphatic carbocycles. The van der Waals surface area contributed by atoms with Gasteiger partial charge >= 0.3 is 23.9 Å². The van der Waals surface area contributed by atoms with Gasteiger partial charge < -0.3 is 9.47 Å². The Morgan fingerprint density at radius 1 is 0.846 bits per heavy atom. The van der Waals surface area contributed by atoms with Crippen molar-refractivity contribution in [2.75, 3.05) is 0 Å². The first-order chi connectivity index (χ1) is 6.04. The third kappa shape index (κ3) is 0.881. The van der Waals surface area contributed by atoms with E-state index in [1.165, 1.54) is 0 Å². The first kappa shape index (κ1) is 7.90. The molecule has 2 fully saturated rings. The Morgan fingerprint density at radius 2 is 1.23 bits per heavy atom. The van der Waals surface area contributed by atoms with Crippen LogP contribution in [0.1, 0.15) is 12.8 Å². The van der Waals surface area contributed by atoms with E-state index in [9.17, 15) is 19.2 Å². The third-order valence-electron chi connectivity index (χ3n) is 2.09. The van der Waals surface area contributed by atoms with Crippen molar-refractivity contribution in [2.24, 2.45) is 5.41 Å². The van der Waals surface area contributed by atoms with E-state index in [4.69, 9.17) is 0 Å². The molecule has 0 N–H and O–H groups in total. The molecule has 2 rings (SSSR count). The maximum atomic E-state index is 11.1. The van der Waals surface area contributed by atoms with E-state index in [0.717, 1.165) is 0 Å². The average molecular weight is 184 g/mol. The third-order valence-corrected chi connectivity index (χ3v) is 2.09. The zero-order valence-corrected chi connectivity index (χ0v) is 6.36. The lowest BCUT2D eigenvalue weighted by Crippen LogP contribution is -2.31. The molecule has 0 aromatic heterocycles. The van der Waals surface area contributed by atoms with Crippen LogP contribution < -0.4 is 0 Å². The van der Waals surface area contributed by atoms with Crippen molar-refractivity contribution in [1.29, 1.82) is 0 Å². The van der Waals surface area contributed by atoms with E-state index >= 15 is 0 Å². The fraction of sp³-hybridized carbons (Fsp3) is 0.429. The molecular formula is C7H4O6. The number of hydrogen-bond acceptors (Lipinski definition) is 6. The molecule has 0 amide bonds. The molecule has 0 aromatic rings. The molecule has 2 aliphatic heterocycles. The predicted molar refractivity (Wildman–Crippen MR) is 33.9 cm³/mol. The van der Waals surface area contributed by atoms with Crippen LogP contribution in [0.2, 0.25) is 0 Å². The van der Waals surface area contributed by atoms with Crippen molar-refractivity contribution in [1.82, 2.24) is 0 Å². The number of carbonyl (C=O) groups excluding carboxylic acids is 4. The van der Waals surface area contributed by atoms with Gasteiger partial charge in [-0.05, 0) is 0 Å². The van der Waals surface area contributed by atoms with Gasteiger partial charge in [-0.1, -0.05) is 0 Å². The molecule has 0 unspecified atom stereocenters. The highest BCUT2D eigenvalue weighted by atomic mass is 16.6. The van der Waals surface area contributed by atoms with E-state index in [1.807, 2.05) is 0 Å². The van der Waals surface area contributed by atoms with E-state index in [0.29, 0.717) is 0 Å². The Hall–Kier alpha value is -1.72. The smallest absolute Gasteiger partial charge is 0.332 e. The molecule has 0 saturated carbocycles. The fourth-order valence-corrected chi connectivity index (χ4v) is 1.40. The Labute approximate surface area is 71.8 Å². The second-order valence-electron chi connectivity index (χ2n) is 2.96. The minimum Gasteiger partial charge on any atom is -0.392 e. The van der Waals surface area contributed by atoms with Gasteiger partial charge in [0.1, 0.15) is 0 Å². The quantitative estimate of drug-likeness (QED) is 0.351. The molecule has 2 aliphatic rings. The van der Waals surface area contributed by atoms with E-state index < -0.39 is 42.1 Å². The molecule has 0 aromatic carbocycles. The Bertz CT molecular complexity index is 307. The summed E-state index contributed by atoms with van der Waals surface area (Å²) < 4.78 is 8.37. The summed E-state index contributed by atoms with van der Waals surface area (Å²) in [5, 5.41) is 0. The van der Waals surface area contributed by atoms with Crippen molar-refractivity contribution in [3.63, 3.8) is 0 Å². The summed E-state index contributed by atoms with van der Waals surface area (Å²) in [6.45, 7) is 0. The summed E-state index contributed by atoms with van der Waals surface area (Å²) in [4.78, 5) is 43.5. The minimum atomic E-state index is -1.67. The first-order valence-electron chi connectivity index (χ1n) is 3.55. The molecule has 0 atom stereocenters. The van der Waals surface area contributed by atoms with Gasteiger partial charge in [0, 0.05) is 0 Å². The van der Waals surface area contributed by atoms with Gasteiger partial charge in [-0.3, -0.25) is 19.2 Å². The highest BCUT2D eigenvalue weighted by molar-refractivity contribution is 6.17. The average Bonchev–Trinajstić information content (AvgIpc) is 2.40. The second kappa shape index (κ2) is 2.15. The van der Waals surface area contributed by atoms with Crippen LogP contribution in [0.5, 0.6) is 0 Å². The van der Waals surface area contributed by atoms with Crippen LogP contribution in [0.3, 0.4) is 0 Å². The zero-order chi connectivity index (χ0) is 9.64. The molecule has 6 heteroatoms. The van der Waals surface area contributed by atoms with Crippen molar-refractivity contribution in [3.8, 4) is 0 Å². The Balaban J connectivity index is 2.41. The highest BCUT2D eigenvalue weighted by Gasteiger charge is 2.62. The molecule has 0 bridgehead atoms. The van der Waals surface area contributed by atoms with E-state index in [-0.39, 0.29) is 0 Å². The van der Waals surface area contributed by atoms with Crippen LogP contribution >= 0.6 is 0 Å². The maximum Gasteiger partial charge on any atom is 0.332 e. The first-order valence-corrected chi connectivity index (χ1v) is 3.55. The van der Waals surface area contributed by atoms with Crippen LogP contribution in [-0.2, 0) is 28.7 Å². The largest absolute Gasteiger partial charge is 0.392 e. The molecule has 1 spiro atoms. The lowest BCUT2D eigenvalue weighted by Gasteiger charge is -2.07. The molecule has 6 nitrogen and oxygen atoms in total. The highest BCUT2D eigenvalue weighted by Crippen LogP contribution is 2.40. The molecule has 2 heterocycles. The maximum absolute atomic E-state index is 11.1. The Kier molecular flexibility index (Phi) is 1.31. The van der Waals surface area contributed by atoms with Crippen LogP contribution in [0.4, 0.5) is 0 Å². The van der Waals surface area contributed by atoms with Crippen molar-refractivity contribution in [3.05, 3.63) is 0 Å². The van der Waals surface area contributed by atoms with Crippen LogP contribution in [-0.4, -0.2) is 23.9 Å². The van der Waals surface area contributed by atoms with Gasteiger partial charge in [0.2, 0.25) is 0 Å². The lowest BCUT2D eigenvalue weighted by molar-refractivity contribution is -0.160. The SMILES string of the molecule is O=C1CC2(CC(=O)OC2=O)C(=O)O1. The number of esters is 4. The van der Waals surface area contributed by atoms with Crippen LogP contribution in [0, 0.1) is 5.41 Å². The summed E-state index contributed by atoms with van der Waals surface area (Å²) in [6, 6.07) is 0. The normalized spacial score (nSPS) is 25.2. The zero-order valence-electron chi connectivity index (χ0n) is 6.36. The number of ether oxygens (including phenoxy) is 2. The van der Waals surface area contributed by atoms with Gasteiger partial charge in [0.15, 0.2) is 5.41 Å². The molecule has 68 valence electrons. The minimum absolute atomic E-state index is 0.392. The molecule has 13 heavy (non-hydrogen) atoms. The molecule has 2 saturated heterocycles. The second-order valence-corrected chi connectivity index (χ2v) is 2.96. The van der Waals surface area contributed by atoms with Gasteiger partial charge in [-0.25, -0.2) is 0 Å². The number of rotatable bonds is 0. The van der Waals surface area contributed by atoms with Crippen LogP contribution in [0.25, 0.3) is 0 Å². The standard InChI is InChI=1S/C7H4O6/c8-3-1-7(5(10)12-3)2-4(9)13-6(7)11/h1-2H2. The lowest BCUT2D eigenvalue weighted by atomic mass is 9.85. The van der Waals surface area contributed by atoms with Gasteiger partial charge in [-0.2, -0.15) is 0 Å². The van der Waals surface area contributed by atoms with Gasteiger partial charge in [0.05, 0.1) is 12.8 Å². The van der Waals surface area contributed by atoms with E-state index in [1.54, 1.807) is 0 Å². The van der Waals surface area contributed by atoms with Crippen molar-refractivity contribution in [2.45, 2.75) is 12.8 Å². The summed E-state index contributed by atoms with van der Waals surface area (Å²) >= 11 is 0. The number of carbonyl (C=O) groups is 4. The summed E-state index contributed by atoms with van der Waals surface area (Å²) in [7, 11) is 0. The van der Waals surface area contributed by atoms with E-state index in [2.05, 4.69) is 9.47 Å². The summed E-state index contributed by atoms with van der Waals surface area (Å²) in [5.74, 6) is -3.55. The van der Waals surface area contributed by atoms with Gasteiger partial charge in [-0.15, -0.1) is 0 Å². The number of cyclic esters (lactones) is 4. The number of hydrogen-bond donors (Lipinski definition) is 0. The fourth-order valence-electron chi connectivity index (χ4n) is 1.40. The summed E-state index contributed by atoms with van der Waals surface area (Å²) in [5.41, 5.74) is -1.67. The summed E-state index contributed by atoms with van der Waals surface area (Å²) in [6.07, 6.45) is -0.785. The molecular weight excluding hydrogens is 180 g/mol. The molecule has 0 radical (unpaired) electrons. The predicted octanol–water partition coefficient (Wildman–Crippen LogP) is -1.08. The van der Waals surface area contributed by atoms with Gasteiger partial charge in [0.25, 0.3) is 0 Å². The monoisotopic (exact) mass is 184 g/mol.